The first-order valence-electron chi connectivity index (χ1n) is 19.8. The number of para-hydroxylation sites is 1. The number of anilines is 2. The second-order valence-corrected chi connectivity index (χ2v) is 16.5. The van der Waals surface area contributed by atoms with Crippen LogP contribution in [0.1, 0.15) is 18.9 Å². The summed E-state index contributed by atoms with van der Waals surface area (Å²) in [7, 11) is 0. The van der Waals surface area contributed by atoms with Crippen LogP contribution in [0.4, 0.5) is 11.4 Å². The monoisotopic (exact) mass is 745 g/mol. The first kappa shape index (κ1) is 33.6. The van der Waals surface area contributed by atoms with E-state index >= 15 is 0 Å². The summed E-state index contributed by atoms with van der Waals surface area (Å²) in [6.45, 7) is 2.40. The second-order valence-electron chi connectivity index (χ2n) is 15.5. The van der Waals surface area contributed by atoms with Crippen molar-refractivity contribution >= 4 is 75.2 Å². The van der Waals surface area contributed by atoms with Crippen molar-refractivity contribution in [3.05, 3.63) is 218 Å². The summed E-state index contributed by atoms with van der Waals surface area (Å²) in [6, 6.07) is 69.1. The average Bonchev–Trinajstić information content (AvgIpc) is 3.66. The molecule has 57 heavy (non-hydrogen) atoms. The molecule has 11 rings (SSSR count). The molecule has 1 heterocycles. The number of hydrogen-bond acceptors (Lipinski definition) is 2. The summed E-state index contributed by atoms with van der Waals surface area (Å²) in [6.07, 6.45) is 8.18. The van der Waals surface area contributed by atoms with Crippen molar-refractivity contribution < 1.29 is 0 Å². The van der Waals surface area contributed by atoms with Gasteiger partial charge in [-0.05, 0) is 85.3 Å². The fourth-order valence-corrected chi connectivity index (χ4v) is 10.5. The van der Waals surface area contributed by atoms with Gasteiger partial charge in [-0.25, -0.2) is 0 Å². The highest BCUT2D eigenvalue weighted by Crippen LogP contribution is 2.49. The van der Waals surface area contributed by atoms with E-state index in [0.717, 1.165) is 12.1 Å². The van der Waals surface area contributed by atoms with Gasteiger partial charge in [-0.3, -0.25) is 0 Å². The van der Waals surface area contributed by atoms with Gasteiger partial charge in [0, 0.05) is 32.1 Å². The number of hydrogen-bond donors (Lipinski definition) is 0. The van der Waals surface area contributed by atoms with Crippen molar-refractivity contribution in [1.29, 1.82) is 0 Å². The van der Waals surface area contributed by atoms with E-state index in [9.17, 15) is 0 Å². The smallest absolute Gasteiger partial charge is 0.0640 e. The fourth-order valence-electron chi connectivity index (χ4n) is 9.26. The highest BCUT2D eigenvalue weighted by molar-refractivity contribution is 7.26. The van der Waals surface area contributed by atoms with Crippen LogP contribution >= 0.6 is 11.3 Å². The van der Waals surface area contributed by atoms with Crippen molar-refractivity contribution in [1.82, 2.24) is 0 Å². The molecule has 0 N–H and O–H groups in total. The molecule has 0 saturated heterocycles. The van der Waals surface area contributed by atoms with E-state index in [2.05, 4.69) is 218 Å². The Kier molecular flexibility index (Phi) is 7.94. The molecule has 0 aliphatic heterocycles. The van der Waals surface area contributed by atoms with Gasteiger partial charge in [-0.2, -0.15) is 0 Å². The highest BCUT2D eigenvalue weighted by atomic mass is 32.1. The van der Waals surface area contributed by atoms with E-state index in [0.29, 0.717) is 0 Å². The highest BCUT2D eigenvalue weighted by Gasteiger charge is 2.30. The van der Waals surface area contributed by atoms with Gasteiger partial charge in [-0.15, -0.1) is 11.3 Å². The Morgan fingerprint density at radius 2 is 1.12 bits per heavy atom. The Labute approximate surface area is 337 Å². The predicted octanol–water partition coefficient (Wildman–Crippen LogP) is 15.8. The molecule has 0 saturated carbocycles. The molecule has 2 heteroatoms. The summed E-state index contributed by atoms with van der Waals surface area (Å²) in [5, 5.41) is 10.3. The summed E-state index contributed by atoms with van der Waals surface area (Å²) in [5.74, 6) is 0. The minimum atomic E-state index is -0.180. The van der Waals surface area contributed by atoms with Crippen LogP contribution in [-0.4, -0.2) is 0 Å². The van der Waals surface area contributed by atoms with Crippen molar-refractivity contribution in [3.63, 3.8) is 0 Å². The zero-order valence-electron chi connectivity index (χ0n) is 31.7. The second kappa shape index (κ2) is 13.5. The van der Waals surface area contributed by atoms with E-state index in [1.54, 1.807) is 0 Å². The normalized spacial score (nSPS) is 15.5. The van der Waals surface area contributed by atoms with E-state index in [1.165, 1.54) is 91.7 Å². The number of thiophene rings is 1. The standard InChI is InChI=1S/C55H39NS/c1-55(49-27-13-24-43-41-20-6-5-17-38(41)31-32-44(43)49)35-33-40(34-36-55)56(51-29-14-26-48-46-22-8-10-30-52(46)57-54(48)51)50-28-9-7-21-45(50)47-25-12-19-39-18-11-23-42(53(39)47)37-15-3-2-4-16-37/h2-35H,36H2,1H3. The van der Waals surface area contributed by atoms with Gasteiger partial charge in [0.2, 0.25) is 0 Å². The predicted molar refractivity (Wildman–Crippen MR) is 247 cm³/mol. The van der Waals surface area contributed by atoms with Crippen LogP contribution in [0.3, 0.4) is 0 Å². The molecule has 0 amide bonds. The quantitative estimate of drug-likeness (QED) is 0.153. The van der Waals surface area contributed by atoms with Gasteiger partial charge in [0.25, 0.3) is 0 Å². The lowest BCUT2D eigenvalue weighted by Crippen LogP contribution is -2.25. The summed E-state index contributed by atoms with van der Waals surface area (Å²) in [5.41, 5.74) is 9.61. The zero-order valence-corrected chi connectivity index (χ0v) is 32.5. The number of allylic oxidation sites excluding steroid dienone is 3. The van der Waals surface area contributed by atoms with Crippen LogP contribution in [0.25, 0.3) is 74.7 Å². The van der Waals surface area contributed by atoms with Gasteiger partial charge < -0.3 is 4.90 Å². The van der Waals surface area contributed by atoms with Crippen molar-refractivity contribution in [3.8, 4) is 22.3 Å². The van der Waals surface area contributed by atoms with E-state index in [1.807, 2.05) is 11.3 Å². The molecule has 1 nitrogen and oxygen atoms in total. The zero-order chi connectivity index (χ0) is 37.9. The Morgan fingerprint density at radius 1 is 0.474 bits per heavy atom. The summed E-state index contributed by atoms with van der Waals surface area (Å²) < 4.78 is 2.60. The fraction of sp³-hybridized carbons (Fsp3) is 0.0545. The molecule has 9 aromatic carbocycles. The first-order chi connectivity index (χ1) is 28.1. The lowest BCUT2D eigenvalue weighted by molar-refractivity contribution is 0.601. The minimum absolute atomic E-state index is 0.180. The molecule has 1 unspecified atom stereocenters. The number of benzene rings is 9. The Balaban J connectivity index is 1.11. The van der Waals surface area contributed by atoms with Crippen LogP contribution in [-0.2, 0) is 5.41 Å². The van der Waals surface area contributed by atoms with E-state index in [-0.39, 0.29) is 5.41 Å². The third-order valence-corrected chi connectivity index (χ3v) is 13.3. The molecule has 0 spiro atoms. The minimum Gasteiger partial charge on any atom is -0.309 e. The Bertz CT molecular complexity index is 3230. The Morgan fingerprint density at radius 3 is 1.98 bits per heavy atom. The van der Waals surface area contributed by atoms with Crippen LogP contribution in [0.5, 0.6) is 0 Å². The van der Waals surface area contributed by atoms with Gasteiger partial charge in [0.15, 0.2) is 0 Å². The third-order valence-electron chi connectivity index (χ3n) is 12.1. The number of fused-ring (bicyclic) bond motifs is 7. The van der Waals surface area contributed by atoms with Crippen LogP contribution in [0, 0.1) is 0 Å². The molecule has 1 atom stereocenters. The first-order valence-corrected chi connectivity index (χ1v) is 20.6. The summed E-state index contributed by atoms with van der Waals surface area (Å²) >= 11 is 1.89. The van der Waals surface area contributed by atoms with Crippen molar-refractivity contribution in [2.75, 3.05) is 4.90 Å². The molecular formula is C55H39NS. The van der Waals surface area contributed by atoms with Gasteiger partial charge in [0.05, 0.1) is 16.1 Å². The molecule has 0 fully saturated rings. The molecule has 10 aromatic rings. The van der Waals surface area contributed by atoms with Gasteiger partial charge in [-0.1, -0.05) is 189 Å². The van der Waals surface area contributed by atoms with Crippen LogP contribution in [0.15, 0.2) is 212 Å². The molecule has 1 aliphatic carbocycles. The molecule has 0 radical (unpaired) electrons. The summed E-state index contributed by atoms with van der Waals surface area (Å²) in [4.78, 5) is 2.53. The number of nitrogens with zero attached hydrogens (tertiary/aromatic N) is 1. The SMILES string of the molecule is CC1(c2cccc3c2ccc2ccccc23)C=CC(N(c2ccccc2-c2cccc3cccc(-c4ccccc4)c23)c2cccc3c2sc2ccccc23)=CC1. The van der Waals surface area contributed by atoms with Crippen LogP contribution in [0.2, 0.25) is 0 Å². The van der Waals surface area contributed by atoms with E-state index < -0.39 is 0 Å². The molecule has 270 valence electrons. The van der Waals surface area contributed by atoms with Gasteiger partial charge >= 0.3 is 0 Å². The maximum absolute atomic E-state index is 2.53. The molecular weight excluding hydrogens is 707 g/mol. The topological polar surface area (TPSA) is 3.24 Å². The maximum atomic E-state index is 2.53. The maximum Gasteiger partial charge on any atom is 0.0640 e. The van der Waals surface area contributed by atoms with Crippen LogP contribution < -0.4 is 4.90 Å². The third kappa shape index (κ3) is 5.51. The van der Waals surface area contributed by atoms with Crippen molar-refractivity contribution in [2.24, 2.45) is 0 Å². The van der Waals surface area contributed by atoms with E-state index in [4.69, 9.17) is 0 Å². The lowest BCUT2D eigenvalue weighted by Gasteiger charge is -2.35. The average molecular weight is 746 g/mol. The molecule has 1 aromatic heterocycles. The molecule has 0 bridgehead atoms. The van der Waals surface area contributed by atoms with Gasteiger partial charge in [0.1, 0.15) is 0 Å². The molecule has 1 aliphatic rings. The largest absolute Gasteiger partial charge is 0.309 e. The number of rotatable bonds is 6. The van der Waals surface area contributed by atoms with Crippen molar-refractivity contribution in [2.45, 2.75) is 18.8 Å². The lowest BCUT2D eigenvalue weighted by atomic mass is 9.74. The Hall–Kier alpha value is -6.74.